The molecule has 0 fully saturated rings. The second-order valence-corrected chi connectivity index (χ2v) is 6.26. The number of carbonyl (C=O) groups is 1. The minimum absolute atomic E-state index is 0.0748. The second kappa shape index (κ2) is 8.00. The molecular weight excluding hydrogens is 326 g/mol. The molecule has 1 heterocycles. The molecule has 1 atom stereocenters. The van der Waals surface area contributed by atoms with Gasteiger partial charge in [-0.3, -0.25) is 0 Å². The van der Waals surface area contributed by atoms with Gasteiger partial charge in [-0.25, -0.2) is 23.5 Å². The monoisotopic (exact) mass is 348 g/mol. The number of hydrogen-bond acceptors (Lipinski definition) is 3. The lowest BCUT2D eigenvalue weighted by molar-refractivity contribution is 0.232. The molecule has 0 saturated heterocycles. The van der Waals surface area contributed by atoms with Gasteiger partial charge in [0, 0.05) is 17.3 Å². The number of aryl methyl sites for hydroxylation is 2. The molecule has 0 bridgehead atoms. The average molecular weight is 348 g/mol. The number of rotatable bonds is 5. The van der Waals surface area contributed by atoms with Crippen LogP contribution in [0.4, 0.5) is 13.6 Å². The highest BCUT2D eigenvalue weighted by atomic mass is 19.1. The maximum Gasteiger partial charge on any atom is 0.315 e. The largest absolute Gasteiger partial charge is 0.332 e. The van der Waals surface area contributed by atoms with Crippen LogP contribution in [0.1, 0.15) is 42.7 Å². The van der Waals surface area contributed by atoms with Crippen LogP contribution in [0.25, 0.3) is 0 Å². The van der Waals surface area contributed by atoms with E-state index in [0.717, 1.165) is 11.8 Å². The van der Waals surface area contributed by atoms with Crippen LogP contribution in [0.5, 0.6) is 0 Å². The van der Waals surface area contributed by atoms with Crippen molar-refractivity contribution in [2.45, 2.75) is 40.3 Å². The summed E-state index contributed by atoms with van der Waals surface area (Å²) >= 11 is 0. The molecule has 1 unspecified atom stereocenters. The van der Waals surface area contributed by atoms with E-state index < -0.39 is 23.7 Å². The molecule has 0 radical (unpaired) electrons. The third kappa shape index (κ3) is 5.20. The molecule has 1 aromatic carbocycles. The molecular formula is C18H22F2N4O. The van der Waals surface area contributed by atoms with Gasteiger partial charge >= 0.3 is 6.03 Å². The molecule has 2 N–H and O–H groups in total. The fraction of sp³-hybridized carbons (Fsp3) is 0.389. The smallest absolute Gasteiger partial charge is 0.315 e. The Morgan fingerprint density at radius 3 is 2.48 bits per heavy atom. The van der Waals surface area contributed by atoms with Crippen LogP contribution in [-0.2, 0) is 6.54 Å². The highest BCUT2D eigenvalue weighted by molar-refractivity contribution is 5.74. The Kier molecular flexibility index (Phi) is 6.01. The number of halogens is 2. The lowest BCUT2D eigenvalue weighted by Gasteiger charge is -2.23. The number of benzene rings is 1. The first-order chi connectivity index (χ1) is 11.8. The van der Waals surface area contributed by atoms with Gasteiger partial charge in [0.2, 0.25) is 0 Å². The number of aromatic nitrogens is 2. The summed E-state index contributed by atoms with van der Waals surface area (Å²) in [5, 5.41) is 5.44. The molecule has 0 saturated carbocycles. The van der Waals surface area contributed by atoms with Gasteiger partial charge in [-0.1, -0.05) is 19.9 Å². The third-order valence-electron chi connectivity index (χ3n) is 3.70. The van der Waals surface area contributed by atoms with Gasteiger partial charge in [0.05, 0.1) is 18.3 Å². The predicted octanol–water partition coefficient (Wildman–Crippen LogP) is 3.57. The van der Waals surface area contributed by atoms with E-state index in [-0.39, 0.29) is 18.0 Å². The van der Waals surface area contributed by atoms with Gasteiger partial charge in [0.15, 0.2) is 0 Å². The molecule has 0 aliphatic heterocycles. The summed E-state index contributed by atoms with van der Waals surface area (Å²) in [7, 11) is 0. The number of nitrogens with zero attached hydrogens (tertiary/aromatic N) is 2. The first-order valence-corrected chi connectivity index (χ1v) is 8.06. The highest BCUT2D eigenvalue weighted by Crippen LogP contribution is 2.24. The van der Waals surface area contributed by atoms with Crippen LogP contribution in [0.15, 0.2) is 24.3 Å². The molecule has 0 aliphatic carbocycles. The van der Waals surface area contributed by atoms with E-state index >= 15 is 0 Å². The first-order valence-electron chi connectivity index (χ1n) is 8.06. The van der Waals surface area contributed by atoms with Crippen molar-refractivity contribution in [3.63, 3.8) is 0 Å². The van der Waals surface area contributed by atoms with Crippen LogP contribution < -0.4 is 10.6 Å². The Hall–Kier alpha value is -2.57. The van der Waals surface area contributed by atoms with Crippen molar-refractivity contribution in [1.29, 1.82) is 0 Å². The maximum absolute atomic E-state index is 14.0. The fourth-order valence-electron chi connectivity index (χ4n) is 2.60. The lowest BCUT2D eigenvalue weighted by atomic mass is 9.95. The topological polar surface area (TPSA) is 66.9 Å². The quantitative estimate of drug-likeness (QED) is 0.868. The number of hydrogen-bond donors (Lipinski definition) is 2. The SMILES string of the molecule is Cc1cc(CNC(=O)NC(c2ccc(F)cc2F)C(C)C)nc(C)n1. The van der Waals surface area contributed by atoms with Crippen LogP contribution >= 0.6 is 0 Å². The summed E-state index contributed by atoms with van der Waals surface area (Å²) in [5.74, 6) is -0.774. The molecule has 2 rings (SSSR count). The zero-order valence-electron chi connectivity index (χ0n) is 14.7. The number of nitrogens with one attached hydrogen (secondary N) is 2. The van der Waals surface area contributed by atoms with E-state index in [4.69, 9.17) is 0 Å². The summed E-state index contributed by atoms with van der Waals surface area (Å²) < 4.78 is 27.1. The van der Waals surface area contributed by atoms with Crippen LogP contribution in [0.2, 0.25) is 0 Å². The van der Waals surface area contributed by atoms with Crippen molar-refractivity contribution in [1.82, 2.24) is 20.6 Å². The molecule has 0 aliphatic rings. The van der Waals surface area contributed by atoms with Gasteiger partial charge in [0.1, 0.15) is 17.5 Å². The van der Waals surface area contributed by atoms with Crippen molar-refractivity contribution >= 4 is 6.03 Å². The van der Waals surface area contributed by atoms with Crippen molar-refractivity contribution < 1.29 is 13.6 Å². The van der Waals surface area contributed by atoms with E-state index in [2.05, 4.69) is 20.6 Å². The van der Waals surface area contributed by atoms with Crippen molar-refractivity contribution in [3.8, 4) is 0 Å². The molecule has 2 aromatic rings. The Morgan fingerprint density at radius 1 is 1.16 bits per heavy atom. The summed E-state index contributed by atoms with van der Waals surface area (Å²) in [6.45, 7) is 7.57. The molecule has 25 heavy (non-hydrogen) atoms. The maximum atomic E-state index is 14.0. The summed E-state index contributed by atoms with van der Waals surface area (Å²) in [4.78, 5) is 20.6. The minimum atomic E-state index is -0.680. The van der Waals surface area contributed by atoms with Gasteiger partial charge in [-0.05, 0) is 31.9 Å². The van der Waals surface area contributed by atoms with E-state index in [1.807, 2.05) is 20.8 Å². The Morgan fingerprint density at radius 2 is 1.88 bits per heavy atom. The zero-order valence-corrected chi connectivity index (χ0v) is 14.7. The first kappa shape index (κ1) is 18.8. The Bertz CT molecular complexity index is 744. The van der Waals surface area contributed by atoms with Crippen LogP contribution in [0.3, 0.4) is 0 Å². The van der Waals surface area contributed by atoms with E-state index in [9.17, 15) is 13.6 Å². The number of carbonyl (C=O) groups excluding carboxylic acids is 1. The summed E-state index contributed by atoms with van der Waals surface area (Å²) in [6.07, 6.45) is 0. The van der Waals surface area contributed by atoms with Crippen molar-refractivity contribution in [2.75, 3.05) is 0 Å². The molecule has 7 heteroatoms. The number of amides is 2. The molecule has 134 valence electrons. The Balaban J connectivity index is 2.05. The van der Waals surface area contributed by atoms with Gasteiger partial charge in [-0.15, -0.1) is 0 Å². The Labute approximate surface area is 145 Å². The van der Waals surface area contributed by atoms with E-state index in [1.165, 1.54) is 12.1 Å². The third-order valence-corrected chi connectivity index (χ3v) is 3.70. The van der Waals surface area contributed by atoms with E-state index in [1.54, 1.807) is 13.0 Å². The summed E-state index contributed by atoms with van der Waals surface area (Å²) in [6, 6.07) is 4.11. The van der Waals surface area contributed by atoms with Crippen molar-refractivity contribution in [3.05, 3.63) is 58.7 Å². The number of urea groups is 1. The van der Waals surface area contributed by atoms with Crippen LogP contribution in [0, 0.1) is 31.4 Å². The van der Waals surface area contributed by atoms with Gasteiger partial charge in [-0.2, -0.15) is 0 Å². The van der Waals surface area contributed by atoms with E-state index in [0.29, 0.717) is 11.5 Å². The molecule has 0 spiro atoms. The summed E-state index contributed by atoms with van der Waals surface area (Å²) in [5.41, 5.74) is 1.76. The zero-order chi connectivity index (χ0) is 18.6. The van der Waals surface area contributed by atoms with Crippen molar-refractivity contribution in [2.24, 2.45) is 5.92 Å². The highest BCUT2D eigenvalue weighted by Gasteiger charge is 2.22. The average Bonchev–Trinajstić information content (AvgIpc) is 2.50. The normalized spacial score (nSPS) is 12.1. The molecule has 1 aromatic heterocycles. The van der Waals surface area contributed by atoms with Gasteiger partial charge in [0.25, 0.3) is 0 Å². The second-order valence-electron chi connectivity index (χ2n) is 6.26. The minimum Gasteiger partial charge on any atom is -0.332 e. The predicted molar refractivity (Wildman–Crippen MR) is 90.8 cm³/mol. The lowest BCUT2D eigenvalue weighted by Crippen LogP contribution is -2.40. The fourth-order valence-corrected chi connectivity index (χ4v) is 2.60. The molecule has 5 nitrogen and oxygen atoms in total. The van der Waals surface area contributed by atoms with Crippen LogP contribution in [-0.4, -0.2) is 16.0 Å². The standard InChI is InChI=1S/C18H22F2N4O/c1-10(2)17(15-6-5-13(19)8-16(15)20)24-18(25)21-9-14-7-11(3)22-12(4)23-14/h5-8,10,17H,9H2,1-4H3,(H2,21,24,25). The molecule has 2 amide bonds. The van der Waals surface area contributed by atoms with Gasteiger partial charge < -0.3 is 10.6 Å².